The van der Waals surface area contributed by atoms with Crippen LogP contribution >= 0.6 is 0 Å². The minimum atomic E-state index is -2.09. The summed E-state index contributed by atoms with van der Waals surface area (Å²) in [6, 6.07) is 1.15. The number of hydrogen-bond acceptors (Lipinski definition) is 2. The van der Waals surface area contributed by atoms with Crippen LogP contribution in [0.2, 0.25) is 17.1 Å². The minimum absolute atomic E-state index is 0.103. The number of carbonyl (C=O) groups excluding carboxylic acids is 1. The smallest absolute Gasteiger partial charge is 0.319 e. The molecule has 132 valence electrons. The zero-order valence-electron chi connectivity index (χ0n) is 15.5. The Morgan fingerprint density at radius 1 is 1.00 bits per heavy atom. The van der Waals surface area contributed by atoms with Crippen molar-refractivity contribution in [1.82, 2.24) is 0 Å². The van der Waals surface area contributed by atoms with E-state index in [1.807, 2.05) is 0 Å². The summed E-state index contributed by atoms with van der Waals surface area (Å²) < 4.78 is 6.49. The molecule has 0 N–H and O–H groups in total. The van der Waals surface area contributed by atoms with Crippen LogP contribution in [0.25, 0.3) is 0 Å². The molecule has 0 aromatic carbocycles. The maximum atomic E-state index is 12.5. The van der Waals surface area contributed by atoms with Gasteiger partial charge in [0.05, 0.1) is 0 Å². The summed E-state index contributed by atoms with van der Waals surface area (Å²) >= 11 is 0. The number of carbonyl (C=O) groups is 1. The molecule has 0 bridgehead atoms. The van der Waals surface area contributed by atoms with Crippen LogP contribution in [-0.4, -0.2) is 14.3 Å². The predicted octanol–water partition coefficient (Wildman–Crippen LogP) is 6.38. The summed E-state index contributed by atoms with van der Waals surface area (Å²) in [6.07, 6.45) is 13.2. The molecular formula is C20H36O2Si. The molecule has 2 aliphatic rings. The minimum Gasteiger partial charge on any atom is -0.515 e. The molecule has 23 heavy (non-hydrogen) atoms. The molecule has 2 rings (SSSR count). The maximum absolute atomic E-state index is 12.5. The fourth-order valence-electron chi connectivity index (χ4n) is 4.96. The van der Waals surface area contributed by atoms with Gasteiger partial charge < -0.3 is 4.43 Å². The highest BCUT2D eigenvalue weighted by atomic mass is 28.4. The summed E-state index contributed by atoms with van der Waals surface area (Å²) in [4.78, 5) is 12.5. The van der Waals surface area contributed by atoms with Crippen molar-refractivity contribution >= 4 is 14.3 Å². The maximum Gasteiger partial charge on any atom is 0.319 e. The van der Waals surface area contributed by atoms with E-state index in [1.54, 1.807) is 6.92 Å². The fraction of sp³-hybridized carbons (Fsp3) is 0.850. The average molecular weight is 337 g/mol. The lowest BCUT2D eigenvalue weighted by molar-refractivity contribution is -0.131. The van der Waals surface area contributed by atoms with Crippen molar-refractivity contribution in [2.45, 2.75) is 102 Å². The van der Waals surface area contributed by atoms with E-state index in [2.05, 4.69) is 20.4 Å². The highest BCUT2D eigenvalue weighted by molar-refractivity contribution is 6.78. The summed E-state index contributed by atoms with van der Waals surface area (Å²) in [5.41, 5.74) is 1.95. The van der Waals surface area contributed by atoms with Crippen LogP contribution in [0.1, 0.15) is 85.0 Å². The van der Waals surface area contributed by atoms with Gasteiger partial charge in [0.15, 0.2) is 0 Å². The van der Waals surface area contributed by atoms with Crippen LogP contribution < -0.4 is 0 Å². The SMILES string of the molecule is C=C(C)C(=O)O[Si](CC(C)C)(C1CCCCC1)C1CCCCC1. The predicted molar refractivity (Wildman–Crippen MR) is 100.0 cm³/mol. The Morgan fingerprint density at radius 2 is 1.43 bits per heavy atom. The Bertz CT molecular complexity index is 386. The molecule has 0 aromatic rings. The Labute approximate surface area is 144 Å². The first-order valence-electron chi connectivity index (χ1n) is 9.84. The van der Waals surface area contributed by atoms with Crippen LogP contribution in [0.3, 0.4) is 0 Å². The van der Waals surface area contributed by atoms with Gasteiger partial charge in [0.25, 0.3) is 8.32 Å². The van der Waals surface area contributed by atoms with Gasteiger partial charge in [0, 0.05) is 5.57 Å². The van der Waals surface area contributed by atoms with E-state index >= 15 is 0 Å². The zero-order chi connectivity index (χ0) is 16.9. The molecule has 2 saturated carbocycles. The molecule has 0 atom stereocenters. The van der Waals surface area contributed by atoms with Gasteiger partial charge in [0.1, 0.15) is 0 Å². The van der Waals surface area contributed by atoms with Crippen molar-refractivity contribution in [3.8, 4) is 0 Å². The van der Waals surface area contributed by atoms with E-state index in [4.69, 9.17) is 4.43 Å². The topological polar surface area (TPSA) is 26.3 Å². The molecule has 0 radical (unpaired) electrons. The highest BCUT2D eigenvalue weighted by Gasteiger charge is 2.52. The molecule has 0 saturated heterocycles. The summed E-state index contributed by atoms with van der Waals surface area (Å²) in [5.74, 6) is 0.511. The van der Waals surface area contributed by atoms with Crippen molar-refractivity contribution in [2.75, 3.05) is 0 Å². The third-order valence-electron chi connectivity index (χ3n) is 5.95. The van der Waals surface area contributed by atoms with Crippen molar-refractivity contribution in [1.29, 1.82) is 0 Å². The Hall–Kier alpha value is -0.573. The van der Waals surface area contributed by atoms with Crippen molar-refractivity contribution in [2.24, 2.45) is 5.92 Å². The fourth-order valence-corrected chi connectivity index (χ4v) is 11.3. The average Bonchev–Trinajstić information content (AvgIpc) is 2.55. The molecule has 0 spiro atoms. The molecule has 2 fully saturated rings. The lowest BCUT2D eigenvalue weighted by Gasteiger charge is -2.47. The third-order valence-corrected chi connectivity index (χ3v) is 11.9. The molecule has 0 unspecified atom stereocenters. The highest BCUT2D eigenvalue weighted by Crippen LogP contribution is 2.51. The van der Waals surface area contributed by atoms with Gasteiger partial charge >= 0.3 is 5.97 Å². The van der Waals surface area contributed by atoms with Gasteiger partial charge in [-0.1, -0.05) is 59.0 Å². The van der Waals surface area contributed by atoms with E-state index < -0.39 is 8.32 Å². The summed E-state index contributed by atoms with van der Waals surface area (Å²) in [6.45, 7) is 10.3. The molecule has 0 amide bonds. The number of hydrogen-bond donors (Lipinski definition) is 0. The van der Waals surface area contributed by atoms with E-state index in [-0.39, 0.29) is 5.97 Å². The lowest BCUT2D eigenvalue weighted by Crippen LogP contribution is -2.51. The molecule has 0 aromatic heterocycles. The second-order valence-corrected chi connectivity index (χ2v) is 12.5. The van der Waals surface area contributed by atoms with Crippen LogP contribution in [0.5, 0.6) is 0 Å². The van der Waals surface area contributed by atoms with Crippen LogP contribution in [-0.2, 0) is 9.22 Å². The van der Waals surface area contributed by atoms with E-state index in [0.29, 0.717) is 22.6 Å². The molecule has 0 aliphatic heterocycles. The third kappa shape index (κ3) is 4.71. The first-order chi connectivity index (χ1) is 11.0. The van der Waals surface area contributed by atoms with Gasteiger partial charge in [-0.05, 0) is 55.7 Å². The van der Waals surface area contributed by atoms with Gasteiger partial charge in [-0.3, -0.25) is 0 Å². The van der Waals surface area contributed by atoms with Crippen LogP contribution in [0.4, 0.5) is 0 Å². The molecule has 2 nitrogen and oxygen atoms in total. The second-order valence-electron chi connectivity index (χ2n) is 8.39. The first kappa shape index (κ1) is 18.8. The van der Waals surface area contributed by atoms with Crippen molar-refractivity contribution in [3.05, 3.63) is 12.2 Å². The standard InChI is InChI=1S/C20H36O2Si/c1-16(2)15-23(22-20(21)17(3)4,18-11-7-5-8-12-18)19-13-9-6-10-14-19/h16,18-19H,3,5-15H2,1-2,4H3. The van der Waals surface area contributed by atoms with Crippen molar-refractivity contribution < 1.29 is 9.22 Å². The number of rotatable bonds is 6. The zero-order valence-corrected chi connectivity index (χ0v) is 16.5. The quantitative estimate of drug-likeness (QED) is 0.416. The van der Waals surface area contributed by atoms with Gasteiger partial charge in [-0.2, -0.15) is 0 Å². The van der Waals surface area contributed by atoms with E-state index in [0.717, 1.165) is 6.04 Å². The summed E-state index contributed by atoms with van der Waals surface area (Å²) in [7, 11) is -2.09. The lowest BCUT2D eigenvalue weighted by atomic mass is 9.99. The molecular weight excluding hydrogens is 300 g/mol. The monoisotopic (exact) mass is 336 g/mol. The van der Waals surface area contributed by atoms with Crippen molar-refractivity contribution in [3.63, 3.8) is 0 Å². The largest absolute Gasteiger partial charge is 0.515 e. The second kappa shape index (κ2) is 8.50. The van der Waals surface area contributed by atoms with Gasteiger partial charge in [-0.15, -0.1) is 0 Å². The molecule has 0 heterocycles. The van der Waals surface area contributed by atoms with Crippen LogP contribution in [0, 0.1) is 5.92 Å². The first-order valence-corrected chi connectivity index (χ1v) is 12.1. The molecule has 2 aliphatic carbocycles. The van der Waals surface area contributed by atoms with Gasteiger partial charge in [-0.25, -0.2) is 4.79 Å². The summed E-state index contributed by atoms with van der Waals surface area (Å²) in [5, 5.41) is 0. The van der Waals surface area contributed by atoms with Gasteiger partial charge in [0.2, 0.25) is 0 Å². The van der Waals surface area contributed by atoms with E-state index in [9.17, 15) is 4.79 Å². The van der Waals surface area contributed by atoms with E-state index in [1.165, 1.54) is 64.2 Å². The molecule has 3 heteroatoms. The Balaban J connectivity index is 2.33. The Kier molecular flexibility index (Phi) is 6.94. The van der Waals surface area contributed by atoms with Crippen LogP contribution in [0.15, 0.2) is 12.2 Å². The Morgan fingerprint density at radius 3 is 1.78 bits per heavy atom. The normalized spacial score (nSPS) is 21.4.